The summed E-state index contributed by atoms with van der Waals surface area (Å²) in [5, 5.41) is 8.07. The van der Waals surface area contributed by atoms with Crippen LogP contribution in [0.4, 0.5) is 0 Å². The van der Waals surface area contributed by atoms with Crippen LogP contribution in [0.5, 0.6) is 0 Å². The Morgan fingerprint density at radius 1 is 1.18 bits per heavy atom. The Morgan fingerprint density at radius 3 is 2.64 bits per heavy atom. The first-order chi connectivity index (χ1) is 13.4. The Labute approximate surface area is 170 Å². The van der Waals surface area contributed by atoms with Crippen molar-refractivity contribution in [1.82, 2.24) is 24.9 Å². The van der Waals surface area contributed by atoms with E-state index in [1.165, 1.54) is 17.3 Å². The minimum atomic E-state index is 0.00938. The van der Waals surface area contributed by atoms with Crippen LogP contribution >= 0.6 is 11.8 Å². The second-order valence-electron chi connectivity index (χ2n) is 7.35. The summed E-state index contributed by atoms with van der Waals surface area (Å²) in [6.45, 7) is 9.05. The van der Waals surface area contributed by atoms with Crippen molar-refractivity contribution in [3.05, 3.63) is 52.8 Å². The highest BCUT2D eigenvalue weighted by molar-refractivity contribution is 7.99. The second kappa shape index (κ2) is 9.19. The van der Waals surface area contributed by atoms with E-state index in [0.717, 1.165) is 29.8 Å². The first kappa shape index (κ1) is 20.3. The number of rotatable bonds is 8. The molecule has 7 heteroatoms. The van der Waals surface area contributed by atoms with Crippen LogP contribution in [0, 0.1) is 19.8 Å². The molecule has 0 radical (unpaired) electrons. The van der Waals surface area contributed by atoms with Crippen LogP contribution in [0.25, 0.3) is 5.78 Å². The lowest BCUT2D eigenvalue weighted by atomic mass is 10.0. The van der Waals surface area contributed by atoms with E-state index in [0.29, 0.717) is 29.1 Å². The van der Waals surface area contributed by atoms with Crippen LogP contribution in [0.15, 0.2) is 35.5 Å². The van der Waals surface area contributed by atoms with Gasteiger partial charge < -0.3 is 5.32 Å². The largest absolute Gasteiger partial charge is 0.355 e. The van der Waals surface area contributed by atoms with E-state index in [4.69, 9.17) is 0 Å². The van der Waals surface area contributed by atoms with Crippen LogP contribution in [0.1, 0.15) is 42.8 Å². The van der Waals surface area contributed by atoms with Gasteiger partial charge in [-0.25, -0.2) is 9.50 Å². The number of hydrogen-bond donors (Lipinski definition) is 1. The molecule has 0 unspecified atom stereocenters. The normalized spacial score (nSPS) is 11.3. The van der Waals surface area contributed by atoms with Crippen molar-refractivity contribution in [1.29, 1.82) is 0 Å². The van der Waals surface area contributed by atoms with Crippen LogP contribution < -0.4 is 5.32 Å². The molecule has 0 saturated heterocycles. The van der Waals surface area contributed by atoms with Crippen LogP contribution in [0.2, 0.25) is 0 Å². The van der Waals surface area contributed by atoms with Gasteiger partial charge in [0.15, 0.2) is 0 Å². The van der Waals surface area contributed by atoms with Gasteiger partial charge in [0, 0.05) is 24.4 Å². The van der Waals surface area contributed by atoms with E-state index < -0.39 is 0 Å². The van der Waals surface area contributed by atoms with Crippen molar-refractivity contribution in [2.75, 3.05) is 12.3 Å². The highest BCUT2D eigenvalue weighted by Crippen LogP contribution is 2.20. The number of fused-ring (bicyclic) bond motifs is 1. The first-order valence-electron chi connectivity index (χ1n) is 9.60. The lowest BCUT2D eigenvalue weighted by Gasteiger charge is -2.10. The summed E-state index contributed by atoms with van der Waals surface area (Å²) in [4.78, 5) is 21.1. The molecular formula is C21H27N5OS. The third kappa shape index (κ3) is 5.10. The first-order valence-corrected chi connectivity index (χ1v) is 10.6. The van der Waals surface area contributed by atoms with Crippen molar-refractivity contribution in [3.8, 4) is 0 Å². The predicted octanol–water partition coefficient (Wildman–Crippen LogP) is 3.59. The van der Waals surface area contributed by atoms with Crippen molar-refractivity contribution < 1.29 is 4.79 Å². The number of hydrogen-bond acceptors (Lipinski definition) is 5. The number of benzene rings is 1. The molecule has 0 bridgehead atoms. The number of aryl methyl sites for hydroxylation is 2. The Balaban J connectivity index is 1.71. The standard InChI is InChI=1S/C21H27N5OS/c1-14(2)10-11-22-19(27)13-28-21-24-20-23-15(3)18(16(4)26(20)25-21)12-17-8-6-5-7-9-17/h5-9,14H,10-13H2,1-4H3,(H,22,27). The highest BCUT2D eigenvalue weighted by Gasteiger charge is 2.15. The van der Waals surface area contributed by atoms with Crippen LogP contribution in [-0.4, -0.2) is 37.8 Å². The van der Waals surface area contributed by atoms with Gasteiger partial charge in [0.1, 0.15) is 0 Å². The minimum absolute atomic E-state index is 0.00938. The zero-order valence-corrected chi connectivity index (χ0v) is 17.7. The number of nitrogens with one attached hydrogen (secondary N) is 1. The van der Waals surface area contributed by atoms with Crippen molar-refractivity contribution in [2.24, 2.45) is 5.92 Å². The molecule has 2 heterocycles. The van der Waals surface area contributed by atoms with Gasteiger partial charge in [0.2, 0.25) is 11.1 Å². The van der Waals surface area contributed by atoms with E-state index in [-0.39, 0.29) is 5.91 Å². The summed E-state index contributed by atoms with van der Waals surface area (Å²) in [7, 11) is 0. The molecule has 0 spiro atoms. The molecule has 0 fully saturated rings. The lowest BCUT2D eigenvalue weighted by molar-refractivity contribution is -0.118. The van der Waals surface area contributed by atoms with E-state index >= 15 is 0 Å². The molecule has 6 nitrogen and oxygen atoms in total. The Morgan fingerprint density at radius 2 is 1.93 bits per heavy atom. The van der Waals surface area contributed by atoms with E-state index in [1.807, 2.05) is 32.0 Å². The van der Waals surface area contributed by atoms with Crippen LogP contribution in [-0.2, 0) is 11.2 Å². The van der Waals surface area contributed by atoms with Gasteiger partial charge in [-0.3, -0.25) is 4.79 Å². The van der Waals surface area contributed by atoms with Crippen molar-refractivity contribution in [3.63, 3.8) is 0 Å². The molecule has 0 aliphatic carbocycles. The fourth-order valence-corrected chi connectivity index (χ4v) is 3.64. The predicted molar refractivity (Wildman–Crippen MR) is 113 cm³/mol. The molecule has 0 atom stereocenters. The molecule has 2 aromatic heterocycles. The van der Waals surface area contributed by atoms with Gasteiger partial charge >= 0.3 is 0 Å². The molecule has 28 heavy (non-hydrogen) atoms. The van der Waals surface area contributed by atoms with Gasteiger partial charge in [-0.15, -0.1) is 5.10 Å². The van der Waals surface area contributed by atoms with Crippen LogP contribution in [0.3, 0.4) is 0 Å². The summed E-state index contributed by atoms with van der Waals surface area (Å²) >= 11 is 1.34. The fraction of sp³-hybridized carbons (Fsp3) is 0.429. The average Bonchev–Trinajstić information content (AvgIpc) is 3.07. The SMILES string of the molecule is Cc1nc2nc(SCC(=O)NCCC(C)C)nn2c(C)c1Cc1ccccc1. The van der Waals surface area contributed by atoms with E-state index in [1.54, 1.807) is 4.52 Å². The monoisotopic (exact) mass is 397 g/mol. The number of aromatic nitrogens is 4. The zero-order chi connectivity index (χ0) is 20.1. The lowest BCUT2D eigenvalue weighted by Crippen LogP contribution is -2.26. The van der Waals surface area contributed by atoms with E-state index in [9.17, 15) is 4.79 Å². The summed E-state index contributed by atoms with van der Waals surface area (Å²) < 4.78 is 1.78. The molecule has 148 valence electrons. The van der Waals surface area contributed by atoms with Gasteiger partial charge in [0.25, 0.3) is 5.78 Å². The Bertz CT molecular complexity index is 952. The summed E-state index contributed by atoms with van der Waals surface area (Å²) in [6.07, 6.45) is 1.79. The molecule has 3 rings (SSSR count). The van der Waals surface area contributed by atoms with Gasteiger partial charge in [-0.05, 0) is 37.3 Å². The third-order valence-corrected chi connectivity index (χ3v) is 5.47. The van der Waals surface area contributed by atoms with Gasteiger partial charge in [-0.2, -0.15) is 4.98 Å². The topological polar surface area (TPSA) is 72.2 Å². The number of amides is 1. The molecule has 1 amide bonds. The maximum Gasteiger partial charge on any atom is 0.253 e. The average molecular weight is 398 g/mol. The molecule has 0 saturated carbocycles. The molecule has 0 aliphatic heterocycles. The second-order valence-corrected chi connectivity index (χ2v) is 8.29. The smallest absolute Gasteiger partial charge is 0.253 e. The molecule has 1 N–H and O–H groups in total. The minimum Gasteiger partial charge on any atom is -0.355 e. The Hall–Kier alpha value is -2.41. The number of thioether (sulfide) groups is 1. The summed E-state index contributed by atoms with van der Waals surface area (Å²) in [5.41, 5.74) is 4.39. The fourth-order valence-electron chi connectivity index (χ4n) is 2.99. The third-order valence-electron chi connectivity index (χ3n) is 4.63. The number of carbonyl (C=O) groups excluding carboxylic acids is 1. The quantitative estimate of drug-likeness (QED) is 0.588. The maximum absolute atomic E-state index is 12.0. The van der Waals surface area contributed by atoms with Gasteiger partial charge in [0.05, 0.1) is 5.75 Å². The number of nitrogens with zero attached hydrogens (tertiary/aromatic N) is 4. The van der Waals surface area contributed by atoms with Gasteiger partial charge in [-0.1, -0.05) is 55.9 Å². The summed E-state index contributed by atoms with van der Waals surface area (Å²) in [5.74, 6) is 1.48. The molecule has 1 aromatic carbocycles. The Kier molecular flexibility index (Phi) is 6.67. The van der Waals surface area contributed by atoms with Crippen molar-refractivity contribution >= 4 is 23.4 Å². The molecule has 0 aliphatic rings. The number of carbonyl (C=O) groups is 1. The zero-order valence-electron chi connectivity index (χ0n) is 16.9. The maximum atomic E-state index is 12.0. The van der Waals surface area contributed by atoms with Crippen molar-refractivity contribution in [2.45, 2.75) is 45.7 Å². The molecular weight excluding hydrogens is 370 g/mol. The highest BCUT2D eigenvalue weighted by atomic mass is 32.2. The summed E-state index contributed by atoms with van der Waals surface area (Å²) in [6, 6.07) is 10.3. The van der Waals surface area contributed by atoms with E-state index in [2.05, 4.69) is 46.4 Å². The molecule has 3 aromatic rings.